The van der Waals surface area contributed by atoms with Gasteiger partial charge in [0, 0.05) is 27.8 Å². The van der Waals surface area contributed by atoms with Gasteiger partial charge in [-0.2, -0.15) is 0 Å². The minimum atomic E-state index is -0.564. The lowest BCUT2D eigenvalue weighted by atomic mass is 10.1. The van der Waals surface area contributed by atoms with E-state index in [4.69, 9.17) is 11.6 Å². The Kier molecular flexibility index (Phi) is 10.2. The van der Waals surface area contributed by atoms with Crippen molar-refractivity contribution in [3.8, 4) is 0 Å². The molecule has 0 unspecified atom stereocenters. The van der Waals surface area contributed by atoms with Crippen LogP contribution >= 0.6 is 39.3 Å². The minimum Gasteiger partial charge on any atom is -0.352 e. The molecule has 2 atom stereocenters. The first-order chi connectivity index (χ1) is 14.3. The predicted molar refractivity (Wildman–Crippen MR) is 130 cm³/mol. The van der Waals surface area contributed by atoms with Crippen LogP contribution in [0.2, 0.25) is 5.02 Å². The molecule has 4 nitrogen and oxygen atoms in total. The van der Waals surface area contributed by atoms with Crippen LogP contribution in [0.4, 0.5) is 0 Å². The zero-order valence-electron chi connectivity index (χ0n) is 17.5. The third-order valence-electron chi connectivity index (χ3n) is 4.85. The predicted octanol–water partition coefficient (Wildman–Crippen LogP) is 5.67. The molecule has 2 aromatic rings. The Labute approximate surface area is 196 Å². The standard InChI is InChI=1S/C23H28BrClN2O2S/c1-4-16(2)26-23(29)17(3)27(13-18-8-7-10-20(24)12-18)22(28)15-30-14-19-9-5-6-11-21(19)25/h5-12,16-17H,4,13-15H2,1-3H3,(H,26,29)/t16-,17-/m0/s1. The van der Waals surface area contributed by atoms with Crippen LogP contribution in [0.3, 0.4) is 0 Å². The van der Waals surface area contributed by atoms with Crippen molar-refractivity contribution in [1.82, 2.24) is 10.2 Å². The van der Waals surface area contributed by atoms with E-state index in [9.17, 15) is 9.59 Å². The molecule has 0 saturated heterocycles. The first-order valence-electron chi connectivity index (χ1n) is 9.97. The molecule has 162 valence electrons. The largest absolute Gasteiger partial charge is 0.352 e. The third-order valence-corrected chi connectivity index (χ3v) is 6.68. The van der Waals surface area contributed by atoms with Crippen LogP contribution < -0.4 is 5.32 Å². The van der Waals surface area contributed by atoms with Gasteiger partial charge < -0.3 is 10.2 Å². The normalized spacial score (nSPS) is 12.8. The summed E-state index contributed by atoms with van der Waals surface area (Å²) >= 11 is 11.2. The summed E-state index contributed by atoms with van der Waals surface area (Å²) in [6.07, 6.45) is 0.839. The number of halogens is 2. The van der Waals surface area contributed by atoms with Crippen LogP contribution in [-0.4, -0.2) is 34.6 Å². The highest BCUT2D eigenvalue weighted by Crippen LogP contribution is 2.22. The minimum absolute atomic E-state index is 0.0670. The van der Waals surface area contributed by atoms with E-state index >= 15 is 0 Å². The van der Waals surface area contributed by atoms with Crippen LogP contribution in [0.1, 0.15) is 38.3 Å². The number of carbonyl (C=O) groups excluding carboxylic acids is 2. The molecule has 0 heterocycles. The fourth-order valence-electron chi connectivity index (χ4n) is 2.83. The number of rotatable bonds is 10. The van der Waals surface area contributed by atoms with Crippen molar-refractivity contribution < 1.29 is 9.59 Å². The molecule has 0 aliphatic carbocycles. The summed E-state index contributed by atoms with van der Waals surface area (Å²) in [6, 6.07) is 14.9. The molecule has 2 amide bonds. The molecule has 2 rings (SSSR count). The summed E-state index contributed by atoms with van der Waals surface area (Å²) in [4.78, 5) is 27.5. The van der Waals surface area contributed by atoms with Crippen molar-refractivity contribution in [1.29, 1.82) is 0 Å². The second-order valence-electron chi connectivity index (χ2n) is 7.23. The van der Waals surface area contributed by atoms with E-state index in [1.54, 1.807) is 11.8 Å². The highest BCUT2D eigenvalue weighted by atomic mass is 79.9. The molecule has 0 radical (unpaired) electrons. The number of amides is 2. The second kappa shape index (κ2) is 12.4. The first-order valence-corrected chi connectivity index (χ1v) is 12.3. The molecular formula is C23H28BrClN2O2S. The lowest BCUT2D eigenvalue weighted by molar-refractivity contribution is -0.138. The van der Waals surface area contributed by atoms with Crippen molar-refractivity contribution in [3.63, 3.8) is 0 Å². The topological polar surface area (TPSA) is 49.4 Å². The maximum Gasteiger partial charge on any atom is 0.242 e. The van der Waals surface area contributed by atoms with E-state index in [1.165, 1.54) is 11.8 Å². The molecule has 0 spiro atoms. The summed E-state index contributed by atoms with van der Waals surface area (Å²) in [5.41, 5.74) is 1.97. The Hall–Kier alpha value is -1.50. The second-order valence-corrected chi connectivity index (χ2v) is 9.54. The van der Waals surface area contributed by atoms with E-state index in [-0.39, 0.29) is 23.6 Å². The Morgan fingerprint density at radius 1 is 1.17 bits per heavy atom. The van der Waals surface area contributed by atoms with E-state index in [0.717, 1.165) is 22.0 Å². The highest BCUT2D eigenvalue weighted by molar-refractivity contribution is 9.10. The Morgan fingerprint density at radius 3 is 2.57 bits per heavy atom. The van der Waals surface area contributed by atoms with Gasteiger partial charge in [0.05, 0.1) is 5.75 Å². The van der Waals surface area contributed by atoms with Gasteiger partial charge in [-0.1, -0.05) is 64.8 Å². The third kappa shape index (κ3) is 7.64. The number of benzene rings is 2. The number of carbonyl (C=O) groups is 2. The molecule has 0 bridgehead atoms. The fourth-order valence-corrected chi connectivity index (χ4v) is 4.47. The Bertz CT molecular complexity index is 865. The number of thioether (sulfide) groups is 1. The maximum absolute atomic E-state index is 13.1. The molecule has 0 aromatic heterocycles. The summed E-state index contributed by atoms with van der Waals surface area (Å²) in [6.45, 7) is 6.14. The Balaban J connectivity index is 2.09. The number of hydrogen-bond acceptors (Lipinski definition) is 3. The molecular weight excluding hydrogens is 484 g/mol. The molecule has 0 fully saturated rings. The highest BCUT2D eigenvalue weighted by Gasteiger charge is 2.26. The van der Waals surface area contributed by atoms with Crippen LogP contribution in [0.5, 0.6) is 0 Å². The van der Waals surface area contributed by atoms with Crippen molar-refractivity contribution in [2.45, 2.75) is 51.6 Å². The lowest BCUT2D eigenvalue weighted by Crippen LogP contribution is -2.50. The van der Waals surface area contributed by atoms with E-state index in [0.29, 0.717) is 17.3 Å². The molecule has 30 heavy (non-hydrogen) atoms. The van der Waals surface area contributed by atoms with Crippen molar-refractivity contribution >= 4 is 51.1 Å². The zero-order valence-corrected chi connectivity index (χ0v) is 20.7. The maximum atomic E-state index is 13.1. The van der Waals surface area contributed by atoms with Gasteiger partial charge in [-0.3, -0.25) is 9.59 Å². The van der Waals surface area contributed by atoms with Crippen molar-refractivity contribution in [3.05, 3.63) is 69.2 Å². The number of nitrogens with one attached hydrogen (secondary N) is 1. The van der Waals surface area contributed by atoms with Gasteiger partial charge in [0.25, 0.3) is 0 Å². The molecule has 0 aliphatic heterocycles. The smallest absolute Gasteiger partial charge is 0.242 e. The molecule has 2 aromatic carbocycles. The van der Waals surface area contributed by atoms with Gasteiger partial charge in [-0.15, -0.1) is 11.8 Å². The molecule has 0 saturated carbocycles. The van der Waals surface area contributed by atoms with E-state index in [1.807, 2.05) is 62.4 Å². The summed E-state index contributed by atoms with van der Waals surface area (Å²) in [5.74, 6) is 0.715. The van der Waals surface area contributed by atoms with Crippen LogP contribution in [0.25, 0.3) is 0 Å². The van der Waals surface area contributed by atoms with E-state index in [2.05, 4.69) is 21.2 Å². The average molecular weight is 512 g/mol. The Morgan fingerprint density at radius 2 is 1.90 bits per heavy atom. The van der Waals surface area contributed by atoms with E-state index < -0.39 is 6.04 Å². The van der Waals surface area contributed by atoms with Gasteiger partial charge in [-0.05, 0) is 49.6 Å². The van der Waals surface area contributed by atoms with Gasteiger partial charge in [0.1, 0.15) is 6.04 Å². The van der Waals surface area contributed by atoms with Gasteiger partial charge in [-0.25, -0.2) is 0 Å². The number of hydrogen-bond donors (Lipinski definition) is 1. The summed E-state index contributed by atoms with van der Waals surface area (Å²) in [5, 5.41) is 3.68. The summed E-state index contributed by atoms with van der Waals surface area (Å²) in [7, 11) is 0. The van der Waals surface area contributed by atoms with Crippen molar-refractivity contribution in [2.75, 3.05) is 5.75 Å². The molecule has 0 aliphatic rings. The monoisotopic (exact) mass is 510 g/mol. The quantitative estimate of drug-likeness (QED) is 0.447. The zero-order chi connectivity index (χ0) is 22.1. The molecule has 7 heteroatoms. The SMILES string of the molecule is CC[C@H](C)NC(=O)[C@H](C)N(Cc1cccc(Br)c1)C(=O)CSCc1ccccc1Cl. The van der Waals surface area contributed by atoms with Crippen LogP contribution in [0, 0.1) is 0 Å². The van der Waals surface area contributed by atoms with Crippen molar-refractivity contribution in [2.24, 2.45) is 0 Å². The summed E-state index contributed by atoms with van der Waals surface area (Å²) < 4.78 is 0.942. The van der Waals surface area contributed by atoms with Gasteiger partial charge in [0.15, 0.2) is 0 Å². The first kappa shape index (κ1) is 24.8. The van der Waals surface area contributed by atoms with Crippen LogP contribution in [-0.2, 0) is 21.9 Å². The lowest BCUT2D eigenvalue weighted by Gasteiger charge is -2.29. The van der Waals surface area contributed by atoms with Gasteiger partial charge in [0.2, 0.25) is 11.8 Å². The fraction of sp³-hybridized carbons (Fsp3) is 0.391. The van der Waals surface area contributed by atoms with Gasteiger partial charge >= 0.3 is 0 Å². The molecule has 1 N–H and O–H groups in total. The van der Waals surface area contributed by atoms with Crippen LogP contribution in [0.15, 0.2) is 53.0 Å². The average Bonchev–Trinajstić information content (AvgIpc) is 2.72. The number of nitrogens with zero attached hydrogens (tertiary/aromatic N) is 1.